The molecule has 1 aliphatic carbocycles. The van der Waals surface area contributed by atoms with Gasteiger partial charge in [0.2, 0.25) is 11.8 Å². The van der Waals surface area contributed by atoms with Crippen LogP contribution in [0.5, 0.6) is 5.88 Å². The predicted molar refractivity (Wildman–Crippen MR) is 113 cm³/mol. The van der Waals surface area contributed by atoms with Crippen LogP contribution in [0.4, 0.5) is 5.82 Å². The molecule has 0 unspecified atom stereocenters. The van der Waals surface area contributed by atoms with E-state index in [1.54, 1.807) is 0 Å². The van der Waals surface area contributed by atoms with Gasteiger partial charge in [0.05, 0.1) is 0 Å². The van der Waals surface area contributed by atoms with E-state index in [1.165, 1.54) is 24.8 Å². The molecular formula is C23H30N4O2. The Hall–Kier alpha value is -2.63. The van der Waals surface area contributed by atoms with Crippen molar-refractivity contribution >= 4 is 11.7 Å². The minimum atomic E-state index is 0.232. The normalized spacial score (nSPS) is 17.9. The van der Waals surface area contributed by atoms with Crippen LogP contribution in [-0.4, -0.2) is 53.3 Å². The average Bonchev–Trinajstić information content (AvgIpc) is 2.79. The summed E-state index contributed by atoms with van der Waals surface area (Å²) in [6.45, 7) is 3.04. The first-order chi connectivity index (χ1) is 14.3. The molecule has 1 saturated heterocycles. The van der Waals surface area contributed by atoms with Gasteiger partial charge in [0.25, 0.3) is 0 Å². The van der Waals surface area contributed by atoms with Gasteiger partial charge in [-0.05, 0) is 43.7 Å². The van der Waals surface area contributed by atoms with Crippen LogP contribution in [0.25, 0.3) is 0 Å². The number of aryl methyl sites for hydroxylation is 1. The van der Waals surface area contributed by atoms with Crippen molar-refractivity contribution in [2.75, 3.05) is 31.1 Å². The first-order valence-corrected chi connectivity index (χ1v) is 10.8. The Morgan fingerprint density at radius 1 is 0.931 bits per heavy atom. The highest BCUT2D eigenvalue weighted by atomic mass is 16.5. The summed E-state index contributed by atoms with van der Waals surface area (Å²) in [6.07, 6.45) is 7.67. The van der Waals surface area contributed by atoms with Crippen LogP contribution in [0.15, 0.2) is 42.5 Å². The standard InChI is InChI=1S/C23H30N4O2/c28-23(14-11-19-7-3-1-4-8-19)27-17-15-26(16-18-27)21-12-13-22(25-24-21)29-20-9-5-2-6-10-20/h1,3-4,7-8,12-13,20H,2,5-6,9-11,14-18H2. The first-order valence-electron chi connectivity index (χ1n) is 10.8. The minimum Gasteiger partial charge on any atom is -0.473 e. The van der Waals surface area contributed by atoms with Crippen LogP contribution in [-0.2, 0) is 11.2 Å². The second kappa shape index (κ2) is 9.72. The Labute approximate surface area is 172 Å². The SMILES string of the molecule is O=C(CCc1ccccc1)N1CCN(c2ccc(OC3CCCCC3)nn2)CC1. The van der Waals surface area contributed by atoms with Crippen molar-refractivity contribution in [2.24, 2.45) is 0 Å². The Morgan fingerprint density at radius 2 is 1.69 bits per heavy atom. The second-order valence-electron chi connectivity index (χ2n) is 7.96. The van der Waals surface area contributed by atoms with Gasteiger partial charge in [-0.15, -0.1) is 10.2 Å². The molecule has 0 N–H and O–H groups in total. The van der Waals surface area contributed by atoms with Gasteiger partial charge < -0.3 is 14.5 Å². The zero-order valence-electron chi connectivity index (χ0n) is 17.0. The Bertz CT molecular complexity index is 767. The number of piperazine rings is 1. The fourth-order valence-corrected chi connectivity index (χ4v) is 4.14. The highest BCUT2D eigenvalue weighted by Crippen LogP contribution is 2.23. The van der Waals surface area contributed by atoms with E-state index >= 15 is 0 Å². The van der Waals surface area contributed by atoms with Crippen molar-refractivity contribution in [3.05, 3.63) is 48.0 Å². The number of anilines is 1. The molecule has 0 radical (unpaired) electrons. The van der Waals surface area contributed by atoms with Crippen LogP contribution in [0, 0.1) is 0 Å². The van der Waals surface area contributed by atoms with E-state index in [0.717, 1.165) is 51.3 Å². The number of hydrogen-bond donors (Lipinski definition) is 0. The number of benzene rings is 1. The van der Waals surface area contributed by atoms with Crippen LogP contribution < -0.4 is 9.64 Å². The van der Waals surface area contributed by atoms with Crippen molar-refractivity contribution in [1.29, 1.82) is 0 Å². The van der Waals surface area contributed by atoms with Crippen molar-refractivity contribution in [3.63, 3.8) is 0 Å². The molecule has 1 aromatic heterocycles. The molecule has 2 fully saturated rings. The largest absolute Gasteiger partial charge is 0.473 e. The van der Waals surface area contributed by atoms with Crippen molar-refractivity contribution in [3.8, 4) is 5.88 Å². The molecule has 29 heavy (non-hydrogen) atoms. The van der Waals surface area contributed by atoms with Gasteiger partial charge in [0, 0.05) is 38.7 Å². The zero-order valence-corrected chi connectivity index (χ0v) is 17.0. The molecule has 6 nitrogen and oxygen atoms in total. The van der Waals surface area contributed by atoms with Crippen molar-refractivity contribution in [1.82, 2.24) is 15.1 Å². The maximum absolute atomic E-state index is 12.5. The summed E-state index contributed by atoms with van der Waals surface area (Å²) in [6, 6.07) is 14.1. The summed E-state index contributed by atoms with van der Waals surface area (Å²) >= 11 is 0. The van der Waals surface area contributed by atoms with E-state index in [9.17, 15) is 4.79 Å². The first kappa shape index (κ1) is 19.7. The highest BCUT2D eigenvalue weighted by molar-refractivity contribution is 5.76. The minimum absolute atomic E-state index is 0.232. The molecule has 1 aromatic carbocycles. The molecule has 6 heteroatoms. The van der Waals surface area contributed by atoms with Crippen molar-refractivity contribution < 1.29 is 9.53 Å². The number of amides is 1. The Balaban J connectivity index is 1.23. The third-order valence-corrected chi connectivity index (χ3v) is 5.89. The molecule has 0 bridgehead atoms. The number of carbonyl (C=O) groups is 1. The smallest absolute Gasteiger partial charge is 0.233 e. The molecule has 4 rings (SSSR count). The molecule has 0 atom stereocenters. The van der Waals surface area contributed by atoms with E-state index in [-0.39, 0.29) is 12.0 Å². The molecule has 2 aromatic rings. The van der Waals surface area contributed by atoms with Crippen molar-refractivity contribution in [2.45, 2.75) is 51.0 Å². The molecule has 1 saturated carbocycles. The number of aromatic nitrogens is 2. The molecular weight excluding hydrogens is 364 g/mol. The number of rotatable bonds is 6. The molecule has 1 amide bonds. The van der Waals surface area contributed by atoms with E-state index < -0.39 is 0 Å². The number of nitrogens with zero attached hydrogens (tertiary/aromatic N) is 4. The van der Waals surface area contributed by atoms with Gasteiger partial charge in [0.15, 0.2) is 5.82 Å². The molecule has 1 aliphatic heterocycles. The summed E-state index contributed by atoms with van der Waals surface area (Å²) < 4.78 is 5.96. The monoisotopic (exact) mass is 394 g/mol. The number of hydrogen-bond acceptors (Lipinski definition) is 5. The van der Waals surface area contributed by atoms with E-state index in [4.69, 9.17) is 4.74 Å². The van der Waals surface area contributed by atoms with Gasteiger partial charge in [-0.3, -0.25) is 4.79 Å². The lowest BCUT2D eigenvalue weighted by Crippen LogP contribution is -2.49. The van der Waals surface area contributed by atoms with E-state index in [1.807, 2.05) is 35.2 Å². The molecule has 2 aliphatic rings. The van der Waals surface area contributed by atoms with Gasteiger partial charge in [-0.2, -0.15) is 0 Å². The maximum atomic E-state index is 12.5. The van der Waals surface area contributed by atoms with E-state index in [2.05, 4.69) is 27.2 Å². The highest BCUT2D eigenvalue weighted by Gasteiger charge is 2.22. The van der Waals surface area contributed by atoms with Gasteiger partial charge in [-0.1, -0.05) is 36.8 Å². The number of ether oxygens (including phenoxy) is 1. The number of carbonyl (C=O) groups excluding carboxylic acids is 1. The molecule has 2 heterocycles. The lowest BCUT2D eigenvalue weighted by molar-refractivity contribution is -0.131. The molecule has 0 spiro atoms. The predicted octanol–water partition coefficient (Wildman–Crippen LogP) is 3.47. The maximum Gasteiger partial charge on any atom is 0.233 e. The lowest BCUT2D eigenvalue weighted by atomic mass is 9.98. The van der Waals surface area contributed by atoms with Crippen LogP contribution in [0.1, 0.15) is 44.1 Å². The van der Waals surface area contributed by atoms with E-state index in [0.29, 0.717) is 12.3 Å². The summed E-state index contributed by atoms with van der Waals surface area (Å²) in [5.41, 5.74) is 1.21. The van der Waals surface area contributed by atoms with Gasteiger partial charge in [0.1, 0.15) is 6.10 Å². The summed E-state index contributed by atoms with van der Waals surface area (Å²) in [5.74, 6) is 1.71. The molecule has 154 valence electrons. The summed E-state index contributed by atoms with van der Waals surface area (Å²) in [7, 11) is 0. The fourth-order valence-electron chi connectivity index (χ4n) is 4.14. The summed E-state index contributed by atoms with van der Waals surface area (Å²) in [5, 5.41) is 8.63. The second-order valence-corrected chi connectivity index (χ2v) is 7.96. The third kappa shape index (κ3) is 5.46. The van der Waals surface area contributed by atoms with Crippen LogP contribution in [0.3, 0.4) is 0 Å². The topological polar surface area (TPSA) is 58.6 Å². The van der Waals surface area contributed by atoms with Gasteiger partial charge >= 0.3 is 0 Å². The average molecular weight is 395 g/mol. The van der Waals surface area contributed by atoms with Gasteiger partial charge in [-0.25, -0.2) is 0 Å². The Morgan fingerprint density at radius 3 is 2.38 bits per heavy atom. The zero-order chi connectivity index (χ0) is 19.9. The Kier molecular flexibility index (Phi) is 6.60. The third-order valence-electron chi connectivity index (χ3n) is 5.89. The van der Waals surface area contributed by atoms with Crippen LogP contribution in [0.2, 0.25) is 0 Å². The van der Waals surface area contributed by atoms with Crippen LogP contribution >= 0.6 is 0 Å². The summed E-state index contributed by atoms with van der Waals surface area (Å²) in [4.78, 5) is 16.7. The quantitative estimate of drug-likeness (QED) is 0.751. The fraction of sp³-hybridized carbons (Fsp3) is 0.522. The lowest BCUT2D eigenvalue weighted by Gasteiger charge is -2.35.